The fourth-order valence-electron chi connectivity index (χ4n) is 2.87. The first kappa shape index (κ1) is 17.5. The first-order valence-electron chi connectivity index (χ1n) is 7.97. The van der Waals surface area contributed by atoms with Crippen LogP contribution in [0.5, 0.6) is 0 Å². The molecule has 11 heteroatoms. The Morgan fingerprint density at radius 3 is 2.72 bits per heavy atom. The van der Waals surface area contributed by atoms with Crippen molar-refractivity contribution in [2.45, 2.75) is 43.7 Å². The Morgan fingerprint density at radius 2 is 2.04 bits per heavy atom. The van der Waals surface area contributed by atoms with Gasteiger partial charge in [0.25, 0.3) is 5.56 Å². The third kappa shape index (κ3) is 3.04. The molecule has 3 rings (SSSR count). The van der Waals surface area contributed by atoms with E-state index in [1.54, 1.807) is 4.68 Å². The van der Waals surface area contributed by atoms with Crippen LogP contribution >= 0.6 is 0 Å². The molecule has 0 spiro atoms. The predicted molar refractivity (Wildman–Crippen MR) is 88.6 cm³/mol. The summed E-state index contributed by atoms with van der Waals surface area (Å²) in [5.41, 5.74) is -1.45. The zero-order valence-electron chi connectivity index (χ0n) is 14.3. The molecule has 1 N–H and O–H groups in total. The number of nitrogens with one attached hydrogen (secondary N) is 1. The molecule has 2 aromatic rings. The van der Waals surface area contributed by atoms with Crippen LogP contribution in [0, 0.1) is 0 Å². The number of aryl methyl sites for hydroxylation is 3. The summed E-state index contributed by atoms with van der Waals surface area (Å²) >= 11 is 0. The second kappa shape index (κ2) is 6.23. The molecular weight excluding hydrogens is 348 g/mol. The molecule has 0 bridgehead atoms. The maximum atomic E-state index is 12.7. The number of aromatic nitrogens is 5. The molecule has 1 aliphatic heterocycles. The van der Waals surface area contributed by atoms with Crippen LogP contribution in [0.15, 0.2) is 20.7 Å². The van der Waals surface area contributed by atoms with Gasteiger partial charge in [0.1, 0.15) is 5.82 Å². The average molecular weight is 368 g/mol. The van der Waals surface area contributed by atoms with Crippen LogP contribution in [0.3, 0.4) is 0 Å². The van der Waals surface area contributed by atoms with Crippen molar-refractivity contribution >= 4 is 10.0 Å². The van der Waals surface area contributed by atoms with E-state index in [1.165, 1.54) is 14.1 Å². The molecule has 0 unspecified atom stereocenters. The van der Waals surface area contributed by atoms with Gasteiger partial charge in [-0.3, -0.25) is 9.36 Å². The minimum absolute atomic E-state index is 0.468. The molecule has 1 atom stereocenters. The highest BCUT2D eigenvalue weighted by atomic mass is 32.2. The van der Waals surface area contributed by atoms with Crippen LogP contribution in [0.2, 0.25) is 0 Å². The molecule has 10 nitrogen and oxygen atoms in total. The molecule has 0 amide bonds. The highest BCUT2D eigenvalue weighted by Crippen LogP contribution is 2.24. The normalized spacial score (nSPS) is 17.5. The second-order valence-electron chi connectivity index (χ2n) is 6.03. The van der Waals surface area contributed by atoms with Gasteiger partial charge in [0.2, 0.25) is 10.0 Å². The van der Waals surface area contributed by atoms with E-state index in [-0.39, 0.29) is 0 Å². The number of sulfonamides is 1. The molecule has 25 heavy (non-hydrogen) atoms. The van der Waals surface area contributed by atoms with Crippen molar-refractivity contribution in [3.05, 3.63) is 38.7 Å². The van der Waals surface area contributed by atoms with Gasteiger partial charge in [0.05, 0.1) is 6.04 Å². The lowest BCUT2D eigenvalue weighted by molar-refractivity contribution is 0.399. The van der Waals surface area contributed by atoms with Gasteiger partial charge in [0.15, 0.2) is 10.7 Å². The summed E-state index contributed by atoms with van der Waals surface area (Å²) in [6.45, 7) is 2.61. The smallest absolute Gasteiger partial charge is 0.302 e. The van der Waals surface area contributed by atoms with E-state index in [0.29, 0.717) is 31.0 Å². The highest BCUT2D eigenvalue weighted by molar-refractivity contribution is 7.89. The van der Waals surface area contributed by atoms with Crippen LogP contribution in [0.4, 0.5) is 0 Å². The predicted octanol–water partition coefficient (Wildman–Crippen LogP) is -0.949. The number of hydrogen-bond acceptors (Lipinski definition) is 6. The van der Waals surface area contributed by atoms with E-state index in [0.717, 1.165) is 21.8 Å². The van der Waals surface area contributed by atoms with Gasteiger partial charge in [-0.1, -0.05) is 6.92 Å². The Kier molecular flexibility index (Phi) is 4.37. The summed E-state index contributed by atoms with van der Waals surface area (Å²) in [7, 11) is -1.48. The third-order valence-electron chi connectivity index (χ3n) is 4.24. The van der Waals surface area contributed by atoms with Crippen LogP contribution in [-0.2, 0) is 37.1 Å². The molecule has 0 radical (unpaired) electrons. The van der Waals surface area contributed by atoms with E-state index >= 15 is 0 Å². The molecule has 0 aromatic carbocycles. The molecule has 2 aromatic heterocycles. The topological polar surface area (TPSA) is 121 Å². The van der Waals surface area contributed by atoms with Gasteiger partial charge in [-0.25, -0.2) is 27.6 Å². The SMILES string of the molecule is CCc1nc2n(n1)CCC[C@H]2NS(=O)(=O)c1cn(C)c(=O)n(C)c1=O. The molecule has 1 aliphatic rings. The van der Waals surface area contributed by atoms with Gasteiger partial charge in [0, 0.05) is 33.3 Å². The van der Waals surface area contributed by atoms with Crippen molar-refractivity contribution in [1.29, 1.82) is 0 Å². The lowest BCUT2D eigenvalue weighted by Crippen LogP contribution is -2.42. The van der Waals surface area contributed by atoms with Gasteiger partial charge in [-0.05, 0) is 12.8 Å². The highest BCUT2D eigenvalue weighted by Gasteiger charge is 2.30. The zero-order chi connectivity index (χ0) is 18.4. The van der Waals surface area contributed by atoms with Crippen molar-refractivity contribution in [3.63, 3.8) is 0 Å². The Morgan fingerprint density at radius 1 is 1.32 bits per heavy atom. The molecule has 0 saturated carbocycles. The molecule has 0 fully saturated rings. The van der Waals surface area contributed by atoms with E-state index < -0.39 is 32.2 Å². The Labute approximate surface area is 144 Å². The van der Waals surface area contributed by atoms with Crippen molar-refractivity contribution in [2.75, 3.05) is 0 Å². The maximum absolute atomic E-state index is 12.7. The zero-order valence-corrected chi connectivity index (χ0v) is 15.1. The van der Waals surface area contributed by atoms with Gasteiger partial charge >= 0.3 is 5.69 Å². The van der Waals surface area contributed by atoms with E-state index in [9.17, 15) is 18.0 Å². The first-order chi connectivity index (χ1) is 11.7. The lowest BCUT2D eigenvalue weighted by atomic mass is 10.1. The fraction of sp³-hybridized carbons (Fsp3) is 0.571. The summed E-state index contributed by atoms with van der Waals surface area (Å²) in [6.07, 6.45) is 3.00. The summed E-state index contributed by atoms with van der Waals surface area (Å²) in [5.74, 6) is 1.20. The summed E-state index contributed by atoms with van der Waals surface area (Å²) in [5, 5.41) is 4.34. The van der Waals surface area contributed by atoms with Gasteiger partial charge < -0.3 is 4.57 Å². The summed E-state index contributed by atoms with van der Waals surface area (Å²) in [6, 6.07) is -0.562. The molecule has 0 aliphatic carbocycles. The van der Waals surface area contributed by atoms with Crippen LogP contribution in [0.1, 0.15) is 37.5 Å². The van der Waals surface area contributed by atoms with Crippen LogP contribution in [0.25, 0.3) is 0 Å². The number of rotatable bonds is 4. The van der Waals surface area contributed by atoms with Gasteiger partial charge in [-0.2, -0.15) is 5.10 Å². The van der Waals surface area contributed by atoms with Crippen molar-refractivity contribution in [1.82, 2.24) is 28.6 Å². The van der Waals surface area contributed by atoms with Crippen molar-refractivity contribution in [2.24, 2.45) is 14.1 Å². The first-order valence-corrected chi connectivity index (χ1v) is 9.45. The number of hydrogen-bond donors (Lipinski definition) is 1. The molecule has 0 saturated heterocycles. The average Bonchev–Trinajstić information content (AvgIpc) is 3.00. The quantitative estimate of drug-likeness (QED) is 0.743. The largest absolute Gasteiger partial charge is 0.330 e. The summed E-state index contributed by atoms with van der Waals surface area (Å²) in [4.78, 5) is 27.9. The van der Waals surface area contributed by atoms with E-state index in [4.69, 9.17) is 0 Å². The fourth-order valence-corrected chi connectivity index (χ4v) is 4.26. The van der Waals surface area contributed by atoms with E-state index in [2.05, 4.69) is 14.8 Å². The molecular formula is C14H20N6O4S. The Bertz CT molecular complexity index is 1030. The van der Waals surface area contributed by atoms with Crippen LogP contribution < -0.4 is 16.0 Å². The van der Waals surface area contributed by atoms with Crippen molar-refractivity contribution in [3.8, 4) is 0 Å². The number of fused-ring (bicyclic) bond motifs is 1. The minimum Gasteiger partial charge on any atom is -0.302 e. The standard InChI is InChI=1S/C14H20N6O4S/c1-4-11-15-12-9(6-5-7-20(12)16-11)17-25(23,24)10-8-18(2)14(22)19(3)13(10)21/h8-9,17H,4-7H2,1-3H3/t9-/m1/s1. The number of nitrogens with zero attached hydrogens (tertiary/aromatic N) is 5. The molecule has 136 valence electrons. The van der Waals surface area contributed by atoms with E-state index in [1.807, 2.05) is 6.92 Å². The second-order valence-corrected chi connectivity index (χ2v) is 7.71. The third-order valence-corrected chi connectivity index (χ3v) is 5.69. The van der Waals surface area contributed by atoms with Crippen LogP contribution in [-0.4, -0.2) is 32.3 Å². The monoisotopic (exact) mass is 368 g/mol. The Hall–Kier alpha value is -2.27. The summed E-state index contributed by atoms with van der Waals surface area (Å²) < 4.78 is 31.5. The van der Waals surface area contributed by atoms with Crippen molar-refractivity contribution < 1.29 is 8.42 Å². The minimum atomic E-state index is -4.12. The van der Waals surface area contributed by atoms with Gasteiger partial charge in [-0.15, -0.1) is 0 Å². The lowest BCUT2D eigenvalue weighted by Gasteiger charge is -2.23. The Balaban J connectivity index is 2.01. The molecule has 3 heterocycles. The maximum Gasteiger partial charge on any atom is 0.330 e.